The lowest BCUT2D eigenvalue weighted by atomic mass is 9.94. The summed E-state index contributed by atoms with van der Waals surface area (Å²) in [5.41, 5.74) is 5.65. The lowest BCUT2D eigenvalue weighted by Gasteiger charge is -2.37. The molecular formula is C10H19NO3. The van der Waals surface area contributed by atoms with Crippen LogP contribution in [0.4, 0.5) is 0 Å². The van der Waals surface area contributed by atoms with Crippen LogP contribution in [0.3, 0.4) is 0 Å². The van der Waals surface area contributed by atoms with Gasteiger partial charge in [-0.3, -0.25) is 0 Å². The second-order valence-corrected chi connectivity index (χ2v) is 4.10. The first-order chi connectivity index (χ1) is 6.85. The fourth-order valence-electron chi connectivity index (χ4n) is 2.07. The smallest absolute Gasteiger partial charge is 0.0852 e. The number of hydrogen-bond acceptors (Lipinski definition) is 4. The van der Waals surface area contributed by atoms with Crippen LogP contribution in [0.2, 0.25) is 0 Å². The number of rotatable bonds is 3. The molecule has 0 aromatic heterocycles. The van der Waals surface area contributed by atoms with E-state index in [4.69, 9.17) is 19.9 Å². The molecule has 4 nitrogen and oxygen atoms in total. The maximum absolute atomic E-state index is 6.06. The van der Waals surface area contributed by atoms with Gasteiger partial charge in [0.15, 0.2) is 0 Å². The Hall–Kier alpha value is -0.160. The molecular weight excluding hydrogens is 182 g/mol. The third kappa shape index (κ3) is 2.25. The molecule has 1 unspecified atom stereocenters. The van der Waals surface area contributed by atoms with Gasteiger partial charge in [0.1, 0.15) is 0 Å². The van der Waals surface area contributed by atoms with Crippen molar-refractivity contribution < 1.29 is 14.2 Å². The van der Waals surface area contributed by atoms with E-state index in [9.17, 15) is 0 Å². The zero-order chi connectivity index (χ0) is 9.86. The van der Waals surface area contributed by atoms with E-state index in [-0.39, 0.29) is 11.7 Å². The molecule has 0 saturated carbocycles. The molecule has 14 heavy (non-hydrogen) atoms. The predicted molar refractivity (Wildman–Crippen MR) is 52.1 cm³/mol. The lowest BCUT2D eigenvalue weighted by molar-refractivity contribution is -0.136. The Bertz CT molecular complexity index is 174. The molecule has 2 aliphatic heterocycles. The van der Waals surface area contributed by atoms with Crippen molar-refractivity contribution in [3.05, 3.63) is 0 Å². The number of ether oxygens (including phenoxy) is 3. The Kier molecular flexibility index (Phi) is 3.38. The Morgan fingerprint density at radius 3 is 2.57 bits per heavy atom. The predicted octanol–water partition coefficient (Wildman–Crippen LogP) is 0.300. The molecule has 0 amide bonds. The van der Waals surface area contributed by atoms with Gasteiger partial charge in [0.05, 0.1) is 18.3 Å². The minimum atomic E-state index is -0.142. The molecule has 2 rings (SSSR count). The highest BCUT2D eigenvalue weighted by Crippen LogP contribution is 2.27. The van der Waals surface area contributed by atoms with Crippen molar-refractivity contribution in [2.24, 2.45) is 5.73 Å². The lowest BCUT2D eigenvalue weighted by Crippen LogP contribution is -2.48. The zero-order valence-corrected chi connectivity index (χ0v) is 8.54. The van der Waals surface area contributed by atoms with Gasteiger partial charge in [0.25, 0.3) is 0 Å². The molecule has 4 heteroatoms. The van der Waals surface area contributed by atoms with Crippen molar-refractivity contribution in [3.63, 3.8) is 0 Å². The summed E-state index contributed by atoms with van der Waals surface area (Å²) in [6, 6.07) is 0. The SMILES string of the molecule is NCC1(OC2CCOC2)CCOCC1. The van der Waals surface area contributed by atoms with E-state index in [0.29, 0.717) is 6.54 Å². The topological polar surface area (TPSA) is 53.7 Å². The Morgan fingerprint density at radius 2 is 2.00 bits per heavy atom. The van der Waals surface area contributed by atoms with Crippen molar-refractivity contribution >= 4 is 0 Å². The fourth-order valence-corrected chi connectivity index (χ4v) is 2.07. The second kappa shape index (κ2) is 4.57. The van der Waals surface area contributed by atoms with Gasteiger partial charge in [-0.1, -0.05) is 0 Å². The first-order valence-corrected chi connectivity index (χ1v) is 5.38. The molecule has 2 fully saturated rings. The van der Waals surface area contributed by atoms with Gasteiger partial charge in [-0.25, -0.2) is 0 Å². The van der Waals surface area contributed by atoms with E-state index >= 15 is 0 Å². The van der Waals surface area contributed by atoms with Crippen molar-refractivity contribution in [2.75, 3.05) is 33.0 Å². The summed E-state index contributed by atoms with van der Waals surface area (Å²) >= 11 is 0. The summed E-state index contributed by atoms with van der Waals surface area (Å²) in [4.78, 5) is 0. The molecule has 82 valence electrons. The van der Waals surface area contributed by atoms with E-state index in [1.54, 1.807) is 0 Å². The van der Waals surface area contributed by atoms with E-state index < -0.39 is 0 Å². The van der Waals surface area contributed by atoms with Crippen molar-refractivity contribution in [1.82, 2.24) is 0 Å². The summed E-state index contributed by atoms with van der Waals surface area (Å²) in [5, 5.41) is 0. The van der Waals surface area contributed by atoms with Crippen LogP contribution < -0.4 is 5.73 Å². The third-order valence-electron chi connectivity index (χ3n) is 3.08. The highest BCUT2D eigenvalue weighted by Gasteiger charge is 2.35. The number of nitrogens with two attached hydrogens (primary N) is 1. The van der Waals surface area contributed by atoms with Gasteiger partial charge in [0, 0.05) is 39.2 Å². The van der Waals surface area contributed by atoms with Crippen LogP contribution in [-0.2, 0) is 14.2 Å². The van der Waals surface area contributed by atoms with Crippen molar-refractivity contribution in [3.8, 4) is 0 Å². The van der Waals surface area contributed by atoms with Crippen LogP contribution in [0.5, 0.6) is 0 Å². The van der Waals surface area contributed by atoms with Gasteiger partial charge in [0.2, 0.25) is 0 Å². The average molecular weight is 201 g/mol. The minimum absolute atomic E-state index is 0.142. The molecule has 0 aromatic carbocycles. The first-order valence-electron chi connectivity index (χ1n) is 5.38. The Labute approximate surface area is 84.7 Å². The molecule has 2 heterocycles. The van der Waals surface area contributed by atoms with Crippen molar-refractivity contribution in [1.29, 1.82) is 0 Å². The van der Waals surface area contributed by atoms with E-state index in [2.05, 4.69) is 0 Å². The summed E-state index contributed by atoms with van der Waals surface area (Å²) in [5.74, 6) is 0. The molecule has 0 bridgehead atoms. The molecule has 0 radical (unpaired) electrons. The molecule has 0 aromatic rings. The summed E-state index contributed by atoms with van der Waals surface area (Å²) in [7, 11) is 0. The average Bonchev–Trinajstić information content (AvgIpc) is 2.72. The summed E-state index contributed by atoms with van der Waals surface area (Å²) < 4.78 is 16.7. The van der Waals surface area contributed by atoms with Gasteiger partial charge in [-0.2, -0.15) is 0 Å². The number of hydrogen-bond donors (Lipinski definition) is 1. The van der Waals surface area contributed by atoms with Gasteiger partial charge < -0.3 is 19.9 Å². The largest absolute Gasteiger partial charge is 0.381 e. The van der Waals surface area contributed by atoms with Gasteiger partial charge in [-0.15, -0.1) is 0 Å². The van der Waals surface area contributed by atoms with Crippen LogP contribution in [0, 0.1) is 0 Å². The zero-order valence-electron chi connectivity index (χ0n) is 8.54. The molecule has 0 spiro atoms. The van der Waals surface area contributed by atoms with Crippen LogP contribution in [-0.4, -0.2) is 44.7 Å². The van der Waals surface area contributed by atoms with Crippen LogP contribution >= 0.6 is 0 Å². The highest BCUT2D eigenvalue weighted by atomic mass is 16.6. The monoisotopic (exact) mass is 201 g/mol. The Balaban J connectivity index is 1.89. The molecule has 2 aliphatic rings. The quantitative estimate of drug-likeness (QED) is 0.713. The van der Waals surface area contributed by atoms with E-state index in [0.717, 1.165) is 45.7 Å². The summed E-state index contributed by atoms with van der Waals surface area (Å²) in [6.07, 6.45) is 3.08. The second-order valence-electron chi connectivity index (χ2n) is 4.10. The minimum Gasteiger partial charge on any atom is -0.381 e. The summed E-state index contributed by atoms with van der Waals surface area (Å²) in [6.45, 7) is 3.67. The molecule has 0 aliphatic carbocycles. The first kappa shape index (κ1) is 10.4. The maximum atomic E-state index is 6.06. The maximum Gasteiger partial charge on any atom is 0.0852 e. The van der Waals surface area contributed by atoms with Crippen LogP contribution in [0.15, 0.2) is 0 Å². The molecule has 1 atom stereocenters. The third-order valence-corrected chi connectivity index (χ3v) is 3.08. The highest BCUT2D eigenvalue weighted by molar-refractivity contribution is 4.86. The van der Waals surface area contributed by atoms with Crippen LogP contribution in [0.25, 0.3) is 0 Å². The van der Waals surface area contributed by atoms with Gasteiger partial charge >= 0.3 is 0 Å². The normalized spacial score (nSPS) is 31.9. The standard InChI is InChI=1S/C10H19NO3/c11-8-10(2-5-12-6-3-10)14-9-1-4-13-7-9/h9H,1-8,11H2. The van der Waals surface area contributed by atoms with Crippen LogP contribution in [0.1, 0.15) is 19.3 Å². The van der Waals surface area contributed by atoms with E-state index in [1.807, 2.05) is 0 Å². The molecule has 2 saturated heterocycles. The van der Waals surface area contributed by atoms with E-state index in [1.165, 1.54) is 0 Å². The fraction of sp³-hybridized carbons (Fsp3) is 1.00. The van der Waals surface area contributed by atoms with Gasteiger partial charge in [-0.05, 0) is 6.42 Å². The van der Waals surface area contributed by atoms with Crippen molar-refractivity contribution in [2.45, 2.75) is 31.0 Å². The Morgan fingerprint density at radius 1 is 1.21 bits per heavy atom. The molecule has 2 N–H and O–H groups in total.